The standard InChI is InChI=1S/C21H21N3O3/c22-21(26)17-6-9-20(24-14-17)27-19-7-4-15(5-8-19)10-11-23-13-16-2-1-3-18(25)12-16/h1-9,12,14,23,25H,10-11,13H2,(H2,22,26). The highest BCUT2D eigenvalue weighted by Crippen LogP contribution is 2.20. The number of nitrogens with zero attached hydrogens (tertiary/aromatic N) is 1. The predicted octanol–water partition coefficient (Wildman–Crippen LogP) is 3.01. The quantitative estimate of drug-likeness (QED) is 0.535. The first-order chi connectivity index (χ1) is 13.1. The smallest absolute Gasteiger partial charge is 0.250 e. The number of hydrogen-bond donors (Lipinski definition) is 3. The van der Waals surface area contributed by atoms with Gasteiger partial charge < -0.3 is 20.9 Å². The van der Waals surface area contributed by atoms with Crippen molar-refractivity contribution in [2.24, 2.45) is 5.73 Å². The molecule has 27 heavy (non-hydrogen) atoms. The fourth-order valence-electron chi connectivity index (χ4n) is 2.56. The van der Waals surface area contributed by atoms with Crippen LogP contribution in [0.25, 0.3) is 0 Å². The molecular formula is C21H21N3O3. The molecule has 1 aromatic heterocycles. The van der Waals surface area contributed by atoms with Gasteiger partial charge in [0.2, 0.25) is 11.8 Å². The maximum Gasteiger partial charge on any atom is 0.250 e. The van der Waals surface area contributed by atoms with Gasteiger partial charge >= 0.3 is 0 Å². The Morgan fingerprint density at radius 3 is 2.56 bits per heavy atom. The highest BCUT2D eigenvalue weighted by atomic mass is 16.5. The minimum absolute atomic E-state index is 0.281. The Bertz CT molecular complexity index is 893. The highest BCUT2D eigenvalue weighted by Gasteiger charge is 2.03. The van der Waals surface area contributed by atoms with Gasteiger partial charge in [0, 0.05) is 18.8 Å². The molecule has 0 atom stereocenters. The SMILES string of the molecule is NC(=O)c1ccc(Oc2ccc(CCNCc3cccc(O)c3)cc2)nc1. The van der Waals surface area contributed by atoms with Crippen LogP contribution in [0, 0.1) is 0 Å². The molecule has 0 fully saturated rings. The van der Waals surface area contributed by atoms with E-state index in [0.29, 0.717) is 23.7 Å². The fourth-order valence-corrected chi connectivity index (χ4v) is 2.56. The number of aromatic hydroxyl groups is 1. The van der Waals surface area contributed by atoms with Gasteiger partial charge in [-0.05, 0) is 54.4 Å². The summed E-state index contributed by atoms with van der Waals surface area (Å²) in [7, 11) is 0. The van der Waals surface area contributed by atoms with Crippen LogP contribution in [0.2, 0.25) is 0 Å². The zero-order valence-electron chi connectivity index (χ0n) is 14.8. The van der Waals surface area contributed by atoms with Crippen molar-refractivity contribution in [2.75, 3.05) is 6.54 Å². The number of phenols is 1. The van der Waals surface area contributed by atoms with E-state index in [9.17, 15) is 9.90 Å². The Morgan fingerprint density at radius 1 is 1.07 bits per heavy atom. The molecule has 0 spiro atoms. The van der Waals surface area contributed by atoms with Crippen molar-refractivity contribution in [3.05, 3.63) is 83.6 Å². The Labute approximate surface area is 157 Å². The van der Waals surface area contributed by atoms with E-state index >= 15 is 0 Å². The number of hydrogen-bond acceptors (Lipinski definition) is 5. The van der Waals surface area contributed by atoms with Crippen molar-refractivity contribution in [3.63, 3.8) is 0 Å². The van der Waals surface area contributed by atoms with Gasteiger partial charge in [0.15, 0.2) is 0 Å². The third-order valence-electron chi connectivity index (χ3n) is 4.00. The van der Waals surface area contributed by atoms with Crippen LogP contribution in [-0.2, 0) is 13.0 Å². The van der Waals surface area contributed by atoms with E-state index in [1.807, 2.05) is 36.4 Å². The topological polar surface area (TPSA) is 97.5 Å². The molecular weight excluding hydrogens is 342 g/mol. The minimum atomic E-state index is -0.518. The molecule has 138 valence electrons. The van der Waals surface area contributed by atoms with Crippen LogP contribution in [0.1, 0.15) is 21.5 Å². The predicted molar refractivity (Wildman–Crippen MR) is 103 cm³/mol. The third-order valence-corrected chi connectivity index (χ3v) is 4.00. The van der Waals surface area contributed by atoms with E-state index in [1.165, 1.54) is 11.8 Å². The molecule has 2 aromatic carbocycles. The number of carbonyl (C=O) groups is 1. The zero-order chi connectivity index (χ0) is 19.1. The average molecular weight is 363 g/mol. The normalized spacial score (nSPS) is 10.5. The molecule has 6 heteroatoms. The van der Waals surface area contributed by atoms with Gasteiger partial charge in [0.05, 0.1) is 5.56 Å². The second-order valence-corrected chi connectivity index (χ2v) is 6.09. The summed E-state index contributed by atoms with van der Waals surface area (Å²) < 4.78 is 5.66. The van der Waals surface area contributed by atoms with Gasteiger partial charge in [0.25, 0.3) is 0 Å². The molecule has 3 rings (SSSR count). The number of phenolic OH excluding ortho intramolecular Hbond substituents is 1. The number of aromatic nitrogens is 1. The number of pyridine rings is 1. The number of nitrogens with one attached hydrogen (secondary N) is 1. The van der Waals surface area contributed by atoms with Crippen LogP contribution in [0.3, 0.4) is 0 Å². The summed E-state index contributed by atoms with van der Waals surface area (Å²) >= 11 is 0. The molecule has 0 saturated carbocycles. The lowest BCUT2D eigenvalue weighted by Crippen LogP contribution is -2.16. The van der Waals surface area contributed by atoms with Gasteiger partial charge in [-0.25, -0.2) is 4.98 Å². The van der Waals surface area contributed by atoms with Crippen LogP contribution in [0.4, 0.5) is 0 Å². The van der Waals surface area contributed by atoms with E-state index in [2.05, 4.69) is 10.3 Å². The van der Waals surface area contributed by atoms with Crippen molar-refractivity contribution < 1.29 is 14.6 Å². The van der Waals surface area contributed by atoms with Crippen molar-refractivity contribution >= 4 is 5.91 Å². The Morgan fingerprint density at radius 2 is 1.89 bits per heavy atom. The first-order valence-electron chi connectivity index (χ1n) is 8.61. The van der Waals surface area contributed by atoms with Gasteiger partial charge in [-0.15, -0.1) is 0 Å². The van der Waals surface area contributed by atoms with Gasteiger partial charge in [0.1, 0.15) is 11.5 Å². The molecule has 0 aliphatic rings. The molecule has 0 aliphatic carbocycles. The number of benzene rings is 2. The Kier molecular flexibility index (Phi) is 6.02. The van der Waals surface area contributed by atoms with E-state index in [4.69, 9.17) is 10.5 Å². The highest BCUT2D eigenvalue weighted by molar-refractivity contribution is 5.92. The van der Waals surface area contributed by atoms with Crippen LogP contribution < -0.4 is 15.8 Å². The summed E-state index contributed by atoms with van der Waals surface area (Å²) in [5, 5.41) is 12.8. The minimum Gasteiger partial charge on any atom is -0.508 e. The van der Waals surface area contributed by atoms with Crippen molar-refractivity contribution in [3.8, 4) is 17.4 Å². The van der Waals surface area contributed by atoms with Crippen LogP contribution in [0.15, 0.2) is 66.9 Å². The monoisotopic (exact) mass is 363 g/mol. The molecule has 0 radical (unpaired) electrons. The Hall–Kier alpha value is -3.38. The second-order valence-electron chi connectivity index (χ2n) is 6.09. The van der Waals surface area contributed by atoms with Crippen LogP contribution in [-0.4, -0.2) is 22.5 Å². The van der Waals surface area contributed by atoms with E-state index in [-0.39, 0.29) is 5.75 Å². The van der Waals surface area contributed by atoms with Crippen molar-refractivity contribution in [2.45, 2.75) is 13.0 Å². The molecule has 3 aromatic rings. The van der Waals surface area contributed by atoms with E-state index in [1.54, 1.807) is 24.3 Å². The van der Waals surface area contributed by atoms with Crippen molar-refractivity contribution in [1.29, 1.82) is 0 Å². The molecule has 0 bridgehead atoms. The van der Waals surface area contributed by atoms with E-state index in [0.717, 1.165) is 18.5 Å². The zero-order valence-corrected chi connectivity index (χ0v) is 14.8. The number of primary amides is 1. The number of carbonyl (C=O) groups excluding carboxylic acids is 1. The summed E-state index contributed by atoms with van der Waals surface area (Å²) in [4.78, 5) is 15.1. The van der Waals surface area contributed by atoms with Gasteiger partial charge in [-0.3, -0.25) is 4.79 Å². The summed E-state index contributed by atoms with van der Waals surface area (Å²) in [5.41, 5.74) is 7.76. The maximum absolute atomic E-state index is 11.0. The number of amides is 1. The first-order valence-corrected chi connectivity index (χ1v) is 8.61. The fraction of sp³-hybridized carbons (Fsp3) is 0.143. The molecule has 0 aliphatic heterocycles. The lowest BCUT2D eigenvalue weighted by atomic mass is 10.1. The summed E-state index contributed by atoms with van der Waals surface area (Å²) in [6.45, 7) is 1.54. The summed E-state index contributed by atoms with van der Waals surface area (Å²) in [5.74, 6) is 0.839. The molecule has 0 saturated heterocycles. The summed E-state index contributed by atoms with van der Waals surface area (Å²) in [6, 6.07) is 18.2. The number of rotatable bonds is 8. The van der Waals surface area contributed by atoms with E-state index < -0.39 is 5.91 Å². The Balaban J connectivity index is 1.46. The number of ether oxygens (including phenoxy) is 1. The molecule has 0 unspecified atom stereocenters. The molecule has 1 amide bonds. The second kappa shape index (κ2) is 8.82. The number of nitrogens with two attached hydrogens (primary N) is 1. The lowest BCUT2D eigenvalue weighted by Gasteiger charge is -2.08. The van der Waals surface area contributed by atoms with Gasteiger partial charge in [-0.1, -0.05) is 24.3 Å². The van der Waals surface area contributed by atoms with Crippen LogP contribution >= 0.6 is 0 Å². The largest absolute Gasteiger partial charge is 0.508 e. The first kappa shape index (κ1) is 18.4. The summed E-state index contributed by atoms with van der Waals surface area (Å²) in [6.07, 6.45) is 2.27. The van der Waals surface area contributed by atoms with Crippen LogP contribution in [0.5, 0.6) is 17.4 Å². The third kappa shape index (κ3) is 5.55. The average Bonchev–Trinajstić information content (AvgIpc) is 2.67. The molecule has 6 nitrogen and oxygen atoms in total. The molecule has 4 N–H and O–H groups in total. The lowest BCUT2D eigenvalue weighted by molar-refractivity contribution is 0.1000. The maximum atomic E-state index is 11.0. The van der Waals surface area contributed by atoms with Gasteiger partial charge in [-0.2, -0.15) is 0 Å². The molecule has 1 heterocycles. The van der Waals surface area contributed by atoms with Crippen molar-refractivity contribution in [1.82, 2.24) is 10.3 Å².